The number of hydrogen-bond donors (Lipinski definition) is 1. The second-order valence-corrected chi connectivity index (χ2v) is 5.46. The minimum atomic E-state index is 0.557. The molecule has 1 N–H and O–H groups in total. The summed E-state index contributed by atoms with van der Waals surface area (Å²) >= 11 is 0. The molecule has 0 radical (unpaired) electrons. The molecular formula is C14H24N4. The van der Waals surface area contributed by atoms with Crippen LogP contribution < -0.4 is 5.32 Å². The van der Waals surface area contributed by atoms with Gasteiger partial charge in [-0.25, -0.2) is 0 Å². The van der Waals surface area contributed by atoms with Crippen LogP contribution in [0.2, 0.25) is 0 Å². The van der Waals surface area contributed by atoms with Crippen LogP contribution in [-0.4, -0.2) is 41.0 Å². The molecular weight excluding hydrogens is 224 g/mol. The molecule has 100 valence electrons. The minimum absolute atomic E-state index is 0.557. The number of rotatable bonds is 4. The summed E-state index contributed by atoms with van der Waals surface area (Å²) in [6, 6.07) is 0.557. The van der Waals surface area contributed by atoms with Crippen LogP contribution in [-0.2, 0) is 6.54 Å². The maximum Gasteiger partial charge on any atom is 0.0724 e. The summed E-state index contributed by atoms with van der Waals surface area (Å²) < 4.78 is 0. The van der Waals surface area contributed by atoms with Crippen molar-refractivity contribution in [3.05, 3.63) is 23.8 Å². The van der Waals surface area contributed by atoms with Gasteiger partial charge in [0, 0.05) is 25.0 Å². The third kappa shape index (κ3) is 3.75. The lowest BCUT2D eigenvalue weighted by Crippen LogP contribution is -2.40. The Labute approximate surface area is 110 Å². The number of nitrogens with one attached hydrogen (secondary N) is 1. The summed E-state index contributed by atoms with van der Waals surface area (Å²) in [5, 5.41) is 3.58. The van der Waals surface area contributed by atoms with Crippen LogP contribution in [0.1, 0.15) is 31.2 Å². The third-order valence-electron chi connectivity index (χ3n) is 3.91. The third-order valence-corrected chi connectivity index (χ3v) is 3.91. The molecule has 0 aromatic carbocycles. The number of aryl methyl sites for hydroxylation is 1. The van der Waals surface area contributed by atoms with Crippen LogP contribution >= 0.6 is 0 Å². The first-order valence-corrected chi connectivity index (χ1v) is 6.84. The molecule has 0 aliphatic carbocycles. The Kier molecular flexibility index (Phi) is 4.66. The Morgan fingerprint density at radius 2 is 2.06 bits per heavy atom. The van der Waals surface area contributed by atoms with Gasteiger partial charge in [0.2, 0.25) is 0 Å². The SMILES string of the molecule is Cc1cnc(CNC(C)C2CCN(C)CC2)cn1. The van der Waals surface area contributed by atoms with Crippen LogP contribution in [0.25, 0.3) is 0 Å². The molecule has 4 nitrogen and oxygen atoms in total. The Morgan fingerprint density at radius 1 is 1.33 bits per heavy atom. The molecule has 1 aliphatic heterocycles. The van der Waals surface area contributed by atoms with Gasteiger partial charge in [-0.05, 0) is 52.7 Å². The fraction of sp³-hybridized carbons (Fsp3) is 0.714. The first-order chi connectivity index (χ1) is 8.65. The van der Waals surface area contributed by atoms with Gasteiger partial charge < -0.3 is 10.2 Å². The Bertz CT molecular complexity index is 355. The van der Waals surface area contributed by atoms with Crippen LogP contribution in [0, 0.1) is 12.8 Å². The molecule has 1 atom stereocenters. The predicted molar refractivity (Wildman–Crippen MR) is 73.3 cm³/mol. The van der Waals surface area contributed by atoms with Crippen LogP contribution in [0.4, 0.5) is 0 Å². The highest BCUT2D eigenvalue weighted by Crippen LogP contribution is 2.19. The Morgan fingerprint density at radius 3 is 2.67 bits per heavy atom. The van der Waals surface area contributed by atoms with Crippen LogP contribution in [0.3, 0.4) is 0 Å². The van der Waals surface area contributed by atoms with E-state index in [2.05, 4.69) is 34.2 Å². The number of hydrogen-bond acceptors (Lipinski definition) is 4. The van der Waals surface area contributed by atoms with E-state index in [4.69, 9.17) is 0 Å². The molecule has 18 heavy (non-hydrogen) atoms. The van der Waals surface area contributed by atoms with Gasteiger partial charge in [-0.1, -0.05) is 0 Å². The van der Waals surface area contributed by atoms with E-state index in [0.29, 0.717) is 6.04 Å². The Balaban J connectivity index is 1.77. The molecule has 0 bridgehead atoms. The number of likely N-dealkylation sites (tertiary alicyclic amines) is 1. The normalized spacial score (nSPS) is 19.9. The van der Waals surface area contributed by atoms with Crippen molar-refractivity contribution in [2.45, 2.75) is 39.3 Å². The largest absolute Gasteiger partial charge is 0.308 e. The standard InChI is InChI=1S/C14H24N4/c1-11-8-17-14(9-15-11)10-16-12(2)13-4-6-18(3)7-5-13/h8-9,12-13,16H,4-7,10H2,1-3H3. The minimum Gasteiger partial charge on any atom is -0.308 e. The molecule has 1 saturated heterocycles. The van der Waals surface area contributed by atoms with Gasteiger partial charge in [-0.15, -0.1) is 0 Å². The molecule has 2 rings (SSSR count). The van der Waals surface area contributed by atoms with Crippen LogP contribution in [0.15, 0.2) is 12.4 Å². The van der Waals surface area contributed by atoms with Gasteiger partial charge in [-0.3, -0.25) is 9.97 Å². The monoisotopic (exact) mass is 248 g/mol. The van der Waals surface area contributed by atoms with Gasteiger partial charge in [0.15, 0.2) is 0 Å². The fourth-order valence-corrected chi connectivity index (χ4v) is 2.47. The highest BCUT2D eigenvalue weighted by Gasteiger charge is 2.21. The van der Waals surface area contributed by atoms with E-state index in [1.165, 1.54) is 25.9 Å². The maximum absolute atomic E-state index is 4.37. The molecule has 2 heterocycles. The van der Waals surface area contributed by atoms with Crippen molar-refractivity contribution in [2.24, 2.45) is 5.92 Å². The van der Waals surface area contributed by atoms with Crippen molar-refractivity contribution in [1.82, 2.24) is 20.2 Å². The highest BCUT2D eigenvalue weighted by atomic mass is 15.1. The zero-order valence-electron chi connectivity index (χ0n) is 11.7. The summed E-state index contributed by atoms with van der Waals surface area (Å²) in [7, 11) is 2.20. The molecule has 1 aromatic rings. The van der Waals surface area contributed by atoms with E-state index in [1.54, 1.807) is 0 Å². The van der Waals surface area contributed by atoms with E-state index < -0.39 is 0 Å². The molecule has 0 spiro atoms. The van der Waals surface area contributed by atoms with Gasteiger partial charge in [0.1, 0.15) is 0 Å². The summed E-state index contributed by atoms with van der Waals surface area (Å²) in [4.78, 5) is 11.1. The van der Waals surface area contributed by atoms with Crippen molar-refractivity contribution in [3.8, 4) is 0 Å². The Hall–Kier alpha value is -1.00. The maximum atomic E-state index is 4.37. The van der Waals surface area contributed by atoms with Crippen molar-refractivity contribution < 1.29 is 0 Å². The molecule has 1 fully saturated rings. The van der Waals surface area contributed by atoms with E-state index >= 15 is 0 Å². The highest BCUT2D eigenvalue weighted by molar-refractivity contribution is 5.00. The fourth-order valence-electron chi connectivity index (χ4n) is 2.47. The lowest BCUT2D eigenvalue weighted by atomic mass is 9.90. The van der Waals surface area contributed by atoms with Crippen molar-refractivity contribution >= 4 is 0 Å². The van der Waals surface area contributed by atoms with Gasteiger partial charge in [0.05, 0.1) is 11.4 Å². The van der Waals surface area contributed by atoms with Gasteiger partial charge in [-0.2, -0.15) is 0 Å². The first-order valence-electron chi connectivity index (χ1n) is 6.84. The zero-order chi connectivity index (χ0) is 13.0. The summed E-state index contributed by atoms with van der Waals surface area (Å²) in [5.41, 5.74) is 2.00. The summed E-state index contributed by atoms with van der Waals surface area (Å²) in [5.74, 6) is 0.791. The van der Waals surface area contributed by atoms with Crippen molar-refractivity contribution in [2.75, 3.05) is 20.1 Å². The predicted octanol–water partition coefficient (Wildman–Crippen LogP) is 1.60. The summed E-state index contributed by atoms with van der Waals surface area (Å²) in [6.45, 7) is 7.52. The molecule has 0 amide bonds. The van der Waals surface area contributed by atoms with E-state index in [0.717, 1.165) is 23.9 Å². The number of nitrogens with zero attached hydrogens (tertiary/aromatic N) is 3. The average Bonchev–Trinajstić information content (AvgIpc) is 2.38. The number of aromatic nitrogens is 2. The lowest BCUT2D eigenvalue weighted by Gasteiger charge is -2.33. The molecule has 1 aliphatic rings. The zero-order valence-corrected chi connectivity index (χ0v) is 11.7. The number of piperidine rings is 1. The van der Waals surface area contributed by atoms with E-state index in [9.17, 15) is 0 Å². The summed E-state index contributed by atoms with van der Waals surface area (Å²) in [6.07, 6.45) is 6.29. The topological polar surface area (TPSA) is 41.1 Å². The van der Waals surface area contributed by atoms with Gasteiger partial charge in [0.25, 0.3) is 0 Å². The second kappa shape index (κ2) is 6.25. The molecule has 1 unspecified atom stereocenters. The molecule has 4 heteroatoms. The van der Waals surface area contributed by atoms with E-state index in [-0.39, 0.29) is 0 Å². The average molecular weight is 248 g/mol. The second-order valence-electron chi connectivity index (χ2n) is 5.46. The van der Waals surface area contributed by atoms with Crippen molar-refractivity contribution in [1.29, 1.82) is 0 Å². The van der Waals surface area contributed by atoms with E-state index in [1.807, 2.05) is 19.3 Å². The molecule has 1 aromatic heterocycles. The van der Waals surface area contributed by atoms with Gasteiger partial charge >= 0.3 is 0 Å². The van der Waals surface area contributed by atoms with Crippen molar-refractivity contribution in [3.63, 3.8) is 0 Å². The van der Waals surface area contributed by atoms with Crippen LogP contribution in [0.5, 0.6) is 0 Å². The lowest BCUT2D eigenvalue weighted by molar-refractivity contribution is 0.189. The quantitative estimate of drug-likeness (QED) is 0.879. The first kappa shape index (κ1) is 13.4. The smallest absolute Gasteiger partial charge is 0.0724 e. The molecule has 0 saturated carbocycles.